The molecule has 1 atom stereocenters. The van der Waals surface area contributed by atoms with Gasteiger partial charge in [0.25, 0.3) is 0 Å². The lowest BCUT2D eigenvalue weighted by molar-refractivity contribution is -0.136. The van der Waals surface area contributed by atoms with Crippen molar-refractivity contribution in [3.63, 3.8) is 0 Å². The molecule has 3 nitrogen and oxygen atoms in total. The maximum absolute atomic E-state index is 13.3. The molecule has 0 aliphatic carbocycles. The number of thioether (sulfide) groups is 1. The Morgan fingerprint density at radius 1 is 1.21 bits per heavy atom. The van der Waals surface area contributed by atoms with Crippen LogP contribution in [0, 0.1) is 5.82 Å². The van der Waals surface area contributed by atoms with Gasteiger partial charge in [0.15, 0.2) is 0 Å². The van der Waals surface area contributed by atoms with E-state index in [0.29, 0.717) is 10.5 Å². The Labute approximate surface area is 114 Å². The third-order valence-corrected chi connectivity index (χ3v) is 3.79. The van der Waals surface area contributed by atoms with E-state index in [1.54, 1.807) is 30.3 Å². The van der Waals surface area contributed by atoms with Gasteiger partial charge in [-0.05, 0) is 23.8 Å². The fourth-order valence-corrected chi connectivity index (χ4v) is 2.59. The van der Waals surface area contributed by atoms with Gasteiger partial charge in [0, 0.05) is 4.90 Å². The summed E-state index contributed by atoms with van der Waals surface area (Å²) in [6.07, 6.45) is 0. The Bertz CT molecular complexity index is 589. The van der Waals surface area contributed by atoms with Crippen LogP contribution in [-0.4, -0.2) is 11.1 Å². The predicted octanol–water partition coefficient (Wildman–Crippen LogP) is 3.33. The number of nitrogen functional groups attached to an aromatic ring is 1. The summed E-state index contributed by atoms with van der Waals surface area (Å²) in [4.78, 5) is 11.8. The molecule has 0 amide bonds. The molecular weight excluding hydrogens is 265 g/mol. The molecule has 98 valence electrons. The molecule has 0 aliphatic heterocycles. The third-order valence-electron chi connectivity index (χ3n) is 2.55. The van der Waals surface area contributed by atoms with Crippen molar-refractivity contribution in [1.82, 2.24) is 0 Å². The van der Waals surface area contributed by atoms with Crippen molar-refractivity contribution in [2.24, 2.45) is 0 Å². The van der Waals surface area contributed by atoms with Gasteiger partial charge < -0.3 is 10.8 Å². The first-order valence-electron chi connectivity index (χ1n) is 5.57. The quantitative estimate of drug-likeness (QED) is 0.664. The average molecular weight is 277 g/mol. The van der Waals surface area contributed by atoms with Crippen LogP contribution in [0.1, 0.15) is 10.8 Å². The molecule has 5 heteroatoms. The number of carboxylic acid groups (broad SMARTS) is 1. The Kier molecular flexibility index (Phi) is 4.06. The molecular formula is C14H12FNO2S. The first-order valence-corrected chi connectivity index (χ1v) is 6.45. The van der Waals surface area contributed by atoms with Gasteiger partial charge in [0.1, 0.15) is 11.1 Å². The van der Waals surface area contributed by atoms with Crippen LogP contribution in [0.2, 0.25) is 0 Å². The van der Waals surface area contributed by atoms with Crippen molar-refractivity contribution in [3.05, 3.63) is 59.9 Å². The highest BCUT2D eigenvalue weighted by atomic mass is 32.2. The minimum atomic E-state index is -0.964. The van der Waals surface area contributed by atoms with Crippen LogP contribution in [0.15, 0.2) is 53.4 Å². The maximum Gasteiger partial charge on any atom is 0.321 e. The minimum absolute atomic E-state index is 0.0518. The van der Waals surface area contributed by atoms with Crippen LogP contribution < -0.4 is 5.73 Å². The zero-order valence-corrected chi connectivity index (χ0v) is 10.7. The molecule has 0 saturated heterocycles. The molecule has 0 aromatic heterocycles. The summed E-state index contributed by atoms with van der Waals surface area (Å²) in [7, 11) is 0. The second-order valence-electron chi connectivity index (χ2n) is 3.93. The van der Waals surface area contributed by atoms with Crippen LogP contribution in [0.4, 0.5) is 10.1 Å². The summed E-state index contributed by atoms with van der Waals surface area (Å²) in [5.74, 6) is -1.50. The van der Waals surface area contributed by atoms with Crippen molar-refractivity contribution < 1.29 is 14.3 Å². The number of hydrogen-bond acceptors (Lipinski definition) is 3. The molecule has 0 spiro atoms. The molecule has 0 saturated carbocycles. The second kappa shape index (κ2) is 5.75. The van der Waals surface area contributed by atoms with E-state index in [1.807, 2.05) is 6.07 Å². The first-order chi connectivity index (χ1) is 9.08. The smallest absolute Gasteiger partial charge is 0.321 e. The molecule has 3 N–H and O–H groups in total. The van der Waals surface area contributed by atoms with E-state index >= 15 is 0 Å². The summed E-state index contributed by atoms with van der Waals surface area (Å²) in [5, 5.41) is 8.50. The SMILES string of the molecule is Nc1ccc(SC(C(=O)O)c2ccccc2)cc1F. The fourth-order valence-electron chi connectivity index (χ4n) is 1.61. The zero-order valence-electron chi connectivity index (χ0n) is 9.92. The number of carboxylic acids is 1. The fraction of sp³-hybridized carbons (Fsp3) is 0.0714. The highest BCUT2D eigenvalue weighted by Gasteiger charge is 2.21. The van der Waals surface area contributed by atoms with Gasteiger partial charge in [0.05, 0.1) is 5.69 Å². The highest BCUT2D eigenvalue weighted by molar-refractivity contribution is 8.00. The monoisotopic (exact) mass is 277 g/mol. The Hall–Kier alpha value is -2.01. The van der Waals surface area contributed by atoms with Gasteiger partial charge >= 0.3 is 5.97 Å². The number of aliphatic carboxylic acids is 1. The van der Waals surface area contributed by atoms with E-state index in [4.69, 9.17) is 5.73 Å². The van der Waals surface area contributed by atoms with E-state index in [0.717, 1.165) is 11.8 Å². The number of rotatable bonds is 4. The van der Waals surface area contributed by atoms with E-state index in [1.165, 1.54) is 12.1 Å². The first kappa shape index (κ1) is 13.4. The third kappa shape index (κ3) is 3.26. The molecule has 1 unspecified atom stereocenters. The Balaban J connectivity index is 2.27. The van der Waals surface area contributed by atoms with Crippen LogP contribution in [-0.2, 0) is 4.79 Å². The van der Waals surface area contributed by atoms with Crippen LogP contribution in [0.25, 0.3) is 0 Å². The Morgan fingerprint density at radius 3 is 2.47 bits per heavy atom. The number of nitrogens with two attached hydrogens (primary N) is 1. The molecule has 2 rings (SSSR count). The minimum Gasteiger partial charge on any atom is -0.480 e. The van der Waals surface area contributed by atoms with Crippen molar-refractivity contribution in [2.75, 3.05) is 5.73 Å². The van der Waals surface area contributed by atoms with Gasteiger partial charge in [-0.3, -0.25) is 4.79 Å². The highest BCUT2D eigenvalue weighted by Crippen LogP contribution is 2.36. The van der Waals surface area contributed by atoms with Crippen molar-refractivity contribution in [2.45, 2.75) is 10.1 Å². The molecule has 0 aliphatic rings. The zero-order chi connectivity index (χ0) is 13.8. The maximum atomic E-state index is 13.3. The molecule has 0 radical (unpaired) electrons. The number of halogens is 1. The van der Waals surface area contributed by atoms with Crippen LogP contribution >= 0.6 is 11.8 Å². The second-order valence-corrected chi connectivity index (χ2v) is 5.11. The molecule has 19 heavy (non-hydrogen) atoms. The number of anilines is 1. The number of hydrogen-bond donors (Lipinski definition) is 2. The summed E-state index contributed by atoms with van der Waals surface area (Å²) in [6.45, 7) is 0. The summed E-state index contributed by atoms with van der Waals surface area (Å²) in [6, 6.07) is 13.1. The van der Waals surface area contributed by atoms with Gasteiger partial charge in [0.2, 0.25) is 0 Å². The average Bonchev–Trinajstić information content (AvgIpc) is 2.40. The largest absolute Gasteiger partial charge is 0.480 e. The summed E-state index contributed by atoms with van der Waals surface area (Å²) < 4.78 is 13.3. The van der Waals surface area contributed by atoms with Crippen LogP contribution in [0.3, 0.4) is 0 Å². The van der Waals surface area contributed by atoms with Crippen molar-refractivity contribution >= 4 is 23.4 Å². The van der Waals surface area contributed by atoms with E-state index in [9.17, 15) is 14.3 Å². The van der Waals surface area contributed by atoms with Crippen LogP contribution in [0.5, 0.6) is 0 Å². The molecule has 2 aromatic rings. The van der Waals surface area contributed by atoms with E-state index in [2.05, 4.69) is 0 Å². The lowest BCUT2D eigenvalue weighted by Gasteiger charge is -2.12. The van der Waals surface area contributed by atoms with Gasteiger partial charge in [-0.2, -0.15) is 0 Å². The number of carbonyl (C=O) groups is 1. The molecule has 0 fully saturated rings. The van der Waals surface area contributed by atoms with Gasteiger partial charge in [-0.1, -0.05) is 30.3 Å². The van der Waals surface area contributed by atoms with E-state index < -0.39 is 17.0 Å². The molecule has 2 aromatic carbocycles. The lowest BCUT2D eigenvalue weighted by atomic mass is 10.1. The topological polar surface area (TPSA) is 63.3 Å². The Morgan fingerprint density at radius 2 is 1.89 bits per heavy atom. The lowest BCUT2D eigenvalue weighted by Crippen LogP contribution is -2.07. The summed E-state index contributed by atoms with van der Waals surface area (Å²) >= 11 is 1.08. The summed E-state index contributed by atoms with van der Waals surface area (Å²) in [5.41, 5.74) is 6.11. The predicted molar refractivity (Wildman–Crippen MR) is 73.5 cm³/mol. The van der Waals surface area contributed by atoms with Crippen molar-refractivity contribution in [1.29, 1.82) is 0 Å². The normalized spacial score (nSPS) is 12.1. The van der Waals surface area contributed by atoms with Crippen molar-refractivity contribution in [3.8, 4) is 0 Å². The molecule has 0 heterocycles. The molecule has 0 bridgehead atoms. The van der Waals surface area contributed by atoms with Gasteiger partial charge in [-0.15, -0.1) is 11.8 Å². The van der Waals surface area contributed by atoms with E-state index in [-0.39, 0.29) is 5.69 Å². The standard InChI is InChI=1S/C14H12FNO2S/c15-11-8-10(6-7-12(11)16)19-13(14(17)18)9-4-2-1-3-5-9/h1-8,13H,16H2,(H,17,18). The van der Waals surface area contributed by atoms with Gasteiger partial charge in [-0.25, -0.2) is 4.39 Å². The number of benzene rings is 2.